The van der Waals surface area contributed by atoms with Gasteiger partial charge in [0.1, 0.15) is 11.3 Å². The molecule has 0 aromatic heterocycles. The van der Waals surface area contributed by atoms with E-state index in [0.717, 1.165) is 0 Å². The van der Waals surface area contributed by atoms with E-state index in [9.17, 15) is 13.2 Å². The van der Waals surface area contributed by atoms with Crippen molar-refractivity contribution in [3.05, 3.63) is 29.8 Å². The lowest BCUT2D eigenvalue weighted by atomic mass is 10.2. The van der Waals surface area contributed by atoms with Crippen LogP contribution in [0, 0.1) is 5.92 Å². The van der Waals surface area contributed by atoms with Crippen LogP contribution < -0.4 is 9.88 Å². The van der Waals surface area contributed by atoms with Gasteiger partial charge in [0, 0.05) is 5.92 Å². The van der Waals surface area contributed by atoms with E-state index in [2.05, 4.69) is 4.74 Å². The summed E-state index contributed by atoms with van der Waals surface area (Å²) in [5.74, 6) is -0.598. The number of ether oxygens (including phenoxy) is 2. The Morgan fingerprint density at radius 3 is 2.58 bits per heavy atom. The van der Waals surface area contributed by atoms with E-state index < -0.39 is 16.0 Å². The normalized spacial score (nSPS) is 12.8. The lowest BCUT2D eigenvalue weighted by molar-refractivity contribution is 0.0595. The van der Waals surface area contributed by atoms with E-state index in [1.54, 1.807) is 31.2 Å². The van der Waals surface area contributed by atoms with Crippen molar-refractivity contribution in [3.8, 4) is 5.75 Å². The standard InChI is InChI=1S/C12H17NO5S/c1-9(8-19(13,15)16)7-18-11-6-4-3-5-10(11)12(14)17-2/h3-6,9H,7-8H2,1-2H3,(H2,13,15,16). The van der Waals surface area contributed by atoms with Gasteiger partial charge in [-0.1, -0.05) is 19.1 Å². The summed E-state index contributed by atoms with van der Waals surface area (Å²) < 4.78 is 31.9. The van der Waals surface area contributed by atoms with E-state index in [1.165, 1.54) is 7.11 Å². The highest BCUT2D eigenvalue weighted by atomic mass is 32.2. The van der Waals surface area contributed by atoms with Crippen LogP contribution in [0.5, 0.6) is 5.75 Å². The van der Waals surface area contributed by atoms with E-state index in [-0.39, 0.29) is 18.3 Å². The maximum atomic E-state index is 11.5. The molecule has 1 rings (SSSR count). The highest BCUT2D eigenvalue weighted by molar-refractivity contribution is 7.89. The fraction of sp³-hybridized carbons (Fsp3) is 0.417. The maximum Gasteiger partial charge on any atom is 0.341 e. The fourth-order valence-electron chi connectivity index (χ4n) is 1.55. The molecule has 1 unspecified atom stereocenters. The summed E-state index contributed by atoms with van der Waals surface area (Å²) in [5, 5.41) is 4.95. The van der Waals surface area contributed by atoms with Gasteiger partial charge in [-0.2, -0.15) is 0 Å². The molecule has 0 aliphatic rings. The predicted octanol–water partition coefficient (Wildman–Crippen LogP) is 0.777. The molecular formula is C12H17NO5S. The quantitative estimate of drug-likeness (QED) is 0.780. The third-order valence-electron chi connectivity index (χ3n) is 2.33. The lowest BCUT2D eigenvalue weighted by Crippen LogP contribution is -2.25. The molecular weight excluding hydrogens is 270 g/mol. The molecule has 0 heterocycles. The van der Waals surface area contributed by atoms with Gasteiger partial charge in [-0.3, -0.25) is 0 Å². The number of sulfonamides is 1. The first-order valence-corrected chi connectivity index (χ1v) is 7.35. The molecule has 0 amide bonds. The van der Waals surface area contributed by atoms with Gasteiger partial charge in [0.2, 0.25) is 10.0 Å². The van der Waals surface area contributed by atoms with Crippen molar-refractivity contribution < 1.29 is 22.7 Å². The number of para-hydroxylation sites is 1. The molecule has 0 aliphatic heterocycles. The van der Waals surface area contributed by atoms with Crippen LogP contribution in [-0.2, 0) is 14.8 Å². The summed E-state index contributed by atoms with van der Waals surface area (Å²) in [6.45, 7) is 1.84. The van der Waals surface area contributed by atoms with Gasteiger partial charge in [-0.15, -0.1) is 0 Å². The summed E-state index contributed by atoms with van der Waals surface area (Å²) in [6.07, 6.45) is 0. The molecule has 0 saturated carbocycles. The molecule has 0 spiro atoms. The van der Waals surface area contributed by atoms with Gasteiger partial charge < -0.3 is 9.47 Å². The first-order chi connectivity index (χ1) is 8.83. The lowest BCUT2D eigenvalue weighted by Gasteiger charge is -2.14. The molecule has 1 aromatic rings. The number of methoxy groups -OCH3 is 1. The Kier molecular flexibility index (Phi) is 5.31. The third-order valence-corrected chi connectivity index (χ3v) is 3.37. The Labute approximate surface area is 112 Å². The van der Waals surface area contributed by atoms with E-state index in [4.69, 9.17) is 9.88 Å². The monoisotopic (exact) mass is 287 g/mol. The number of hydrogen-bond donors (Lipinski definition) is 1. The Morgan fingerprint density at radius 1 is 1.37 bits per heavy atom. The summed E-state index contributed by atoms with van der Waals surface area (Å²) in [7, 11) is -2.25. The fourth-order valence-corrected chi connectivity index (χ4v) is 2.44. The second kappa shape index (κ2) is 6.53. The minimum absolute atomic E-state index is 0.143. The molecule has 1 aromatic carbocycles. The van der Waals surface area contributed by atoms with Crippen molar-refractivity contribution in [1.29, 1.82) is 0 Å². The van der Waals surface area contributed by atoms with Crippen LogP contribution in [0.15, 0.2) is 24.3 Å². The molecule has 7 heteroatoms. The van der Waals surface area contributed by atoms with Crippen molar-refractivity contribution in [3.63, 3.8) is 0 Å². The van der Waals surface area contributed by atoms with Crippen LogP contribution in [0.2, 0.25) is 0 Å². The zero-order valence-electron chi connectivity index (χ0n) is 10.8. The molecule has 0 aliphatic carbocycles. The molecule has 0 bridgehead atoms. The smallest absolute Gasteiger partial charge is 0.341 e. The second-order valence-corrected chi connectivity index (χ2v) is 5.89. The van der Waals surface area contributed by atoms with Crippen molar-refractivity contribution in [2.45, 2.75) is 6.92 Å². The van der Waals surface area contributed by atoms with Crippen molar-refractivity contribution in [2.75, 3.05) is 19.5 Å². The largest absolute Gasteiger partial charge is 0.492 e. The zero-order chi connectivity index (χ0) is 14.5. The first kappa shape index (κ1) is 15.5. The Hall–Kier alpha value is -1.60. The van der Waals surface area contributed by atoms with Gasteiger partial charge >= 0.3 is 5.97 Å². The maximum absolute atomic E-state index is 11.5. The van der Waals surface area contributed by atoms with Gasteiger partial charge in [-0.25, -0.2) is 18.4 Å². The highest BCUT2D eigenvalue weighted by Crippen LogP contribution is 2.19. The molecule has 0 saturated heterocycles. The molecule has 2 N–H and O–H groups in total. The van der Waals surface area contributed by atoms with Gasteiger partial charge in [-0.05, 0) is 12.1 Å². The number of hydrogen-bond acceptors (Lipinski definition) is 5. The third kappa shape index (κ3) is 5.27. The second-order valence-electron chi connectivity index (χ2n) is 4.23. The van der Waals surface area contributed by atoms with Crippen molar-refractivity contribution in [2.24, 2.45) is 11.1 Å². The average Bonchev–Trinajstić information content (AvgIpc) is 2.33. The summed E-state index contributed by atoms with van der Waals surface area (Å²) >= 11 is 0. The van der Waals surface area contributed by atoms with Crippen molar-refractivity contribution in [1.82, 2.24) is 0 Å². The average molecular weight is 287 g/mol. The highest BCUT2D eigenvalue weighted by Gasteiger charge is 2.15. The van der Waals surface area contributed by atoms with E-state index in [1.807, 2.05) is 0 Å². The Bertz CT molecular complexity index is 541. The SMILES string of the molecule is COC(=O)c1ccccc1OCC(C)CS(N)(=O)=O. The Morgan fingerprint density at radius 2 is 2.00 bits per heavy atom. The zero-order valence-corrected chi connectivity index (χ0v) is 11.6. The number of carbonyl (C=O) groups excluding carboxylic acids is 1. The number of nitrogens with two attached hydrogens (primary N) is 1. The predicted molar refractivity (Wildman–Crippen MR) is 70.4 cm³/mol. The summed E-state index contributed by atoms with van der Waals surface area (Å²) in [6, 6.07) is 6.60. The number of benzene rings is 1. The van der Waals surface area contributed by atoms with Gasteiger partial charge in [0.15, 0.2) is 0 Å². The van der Waals surface area contributed by atoms with Crippen LogP contribution in [0.3, 0.4) is 0 Å². The minimum Gasteiger partial charge on any atom is -0.492 e. The van der Waals surface area contributed by atoms with Gasteiger partial charge in [0.05, 0.1) is 19.5 Å². The van der Waals surface area contributed by atoms with E-state index >= 15 is 0 Å². The first-order valence-electron chi connectivity index (χ1n) is 5.64. The Balaban J connectivity index is 2.70. The molecule has 0 radical (unpaired) electrons. The number of carbonyl (C=O) groups is 1. The van der Waals surface area contributed by atoms with Crippen LogP contribution in [0.1, 0.15) is 17.3 Å². The van der Waals surface area contributed by atoms with Crippen LogP contribution >= 0.6 is 0 Å². The minimum atomic E-state index is -3.53. The number of primary sulfonamides is 1. The molecule has 1 atom stereocenters. The topological polar surface area (TPSA) is 95.7 Å². The van der Waals surface area contributed by atoms with Crippen LogP contribution in [0.4, 0.5) is 0 Å². The molecule has 6 nitrogen and oxygen atoms in total. The van der Waals surface area contributed by atoms with Gasteiger partial charge in [0.25, 0.3) is 0 Å². The molecule has 19 heavy (non-hydrogen) atoms. The number of esters is 1. The van der Waals surface area contributed by atoms with Crippen LogP contribution in [0.25, 0.3) is 0 Å². The van der Waals surface area contributed by atoms with Crippen LogP contribution in [-0.4, -0.2) is 33.9 Å². The molecule has 0 fully saturated rings. The van der Waals surface area contributed by atoms with Crippen molar-refractivity contribution >= 4 is 16.0 Å². The summed E-state index contributed by atoms with van der Waals surface area (Å²) in [5.41, 5.74) is 0.299. The number of rotatable bonds is 6. The molecule has 106 valence electrons. The summed E-state index contributed by atoms with van der Waals surface area (Å²) in [4.78, 5) is 11.5. The van der Waals surface area contributed by atoms with E-state index in [0.29, 0.717) is 11.3 Å².